The first-order chi connectivity index (χ1) is 9.28. The van der Waals surface area contributed by atoms with Crippen LogP contribution < -0.4 is 10.0 Å². The average Bonchev–Trinajstić information content (AvgIpc) is 2.64. The minimum Gasteiger partial charge on any atom is -0.348 e. The number of hydrogen-bond acceptors (Lipinski definition) is 3. The van der Waals surface area contributed by atoms with Crippen LogP contribution in [0.4, 0.5) is 0 Å². The molecule has 1 aromatic carbocycles. The Morgan fingerprint density at radius 3 is 2.65 bits per heavy atom. The van der Waals surface area contributed by atoms with Gasteiger partial charge in [-0.1, -0.05) is 31.2 Å². The SMILES string of the molecule is C[C@H](NS(C)(=O)=O)C(=O)N[C@H]1c2ccccc2C[C@@H]1C. The van der Waals surface area contributed by atoms with Crippen LogP contribution in [0, 0.1) is 5.92 Å². The van der Waals surface area contributed by atoms with E-state index in [0.29, 0.717) is 5.92 Å². The summed E-state index contributed by atoms with van der Waals surface area (Å²) in [4.78, 5) is 12.1. The average molecular weight is 296 g/mol. The van der Waals surface area contributed by atoms with Gasteiger partial charge in [-0.15, -0.1) is 0 Å². The molecule has 20 heavy (non-hydrogen) atoms. The molecule has 5 nitrogen and oxygen atoms in total. The van der Waals surface area contributed by atoms with Crippen molar-refractivity contribution in [3.63, 3.8) is 0 Å². The number of rotatable bonds is 4. The number of carbonyl (C=O) groups is 1. The maximum Gasteiger partial charge on any atom is 0.238 e. The van der Waals surface area contributed by atoms with Gasteiger partial charge in [0.25, 0.3) is 0 Å². The Morgan fingerprint density at radius 1 is 1.35 bits per heavy atom. The molecule has 1 aliphatic carbocycles. The van der Waals surface area contributed by atoms with Gasteiger partial charge < -0.3 is 5.32 Å². The van der Waals surface area contributed by atoms with Gasteiger partial charge in [-0.3, -0.25) is 4.79 Å². The Hall–Kier alpha value is -1.40. The third-order valence-corrected chi connectivity index (χ3v) is 4.36. The molecule has 0 aromatic heterocycles. The van der Waals surface area contributed by atoms with Crippen molar-refractivity contribution in [2.24, 2.45) is 5.92 Å². The zero-order chi connectivity index (χ0) is 14.9. The molecule has 0 radical (unpaired) electrons. The molecule has 110 valence electrons. The standard InChI is InChI=1S/C14H20N2O3S/c1-9-8-11-6-4-5-7-12(11)13(9)15-14(17)10(2)16-20(3,18)19/h4-7,9-10,13,16H,8H2,1-3H3,(H,15,17)/t9-,10-,13+/m0/s1. The van der Waals surface area contributed by atoms with Crippen molar-refractivity contribution >= 4 is 15.9 Å². The summed E-state index contributed by atoms with van der Waals surface area (Å²) in [7, 11) is -3.39. The molecule has 6 heteroatoms. The Bertz CT molecular complexity index is 613. The van der Waals surface area contributed by atoms with Crippen molar-refractivity contribution in [2.75, 3.05) is 6.26 Å². The van der Waals surface area contributed by atoms with E-state index in [-0.39, 0.29) is 11.9 Å². The number of nitrogens with one attached hydrogen (secondary N) is 2. The van der Waals surface area contributed by atoms with Crippen LogP contribution in [0.15, 0.2) is 24.3 Å². The first-order valence-electron chi connectivity index (χ1n) is 6.63. The summed E-state index contributed by atoms with van der Waals surface area (Å²) >= 11 is 0. The van der Waals surface area contributed by atoms with Crippen LogP contribution in [0.2, 0.25) is 0 Å². The van der Waals surface area contributed by atoms with Crippen LogP contribution in [0.3, 0.4) is 0 Å². The quantitative estimate of drug-likeness (QED) is 0.869. The maximum atomic E-state index is 12.1. The highest BCUT2D eigenvalue weighted by molar-refractivity contribution is 7.88. The largest absolute Gasteiger partial charge is 0.348 e. The molecule has 0 unspecified atom stereocenters. The second-order valence-electron chi connectivity index (χ2n) is 5.48. The van der Waals surface area contributed by atoms with Crippen LogP contribution >= 0.6 is 0 Å². The number of hydrogen-bond donors (Lipinski definition) is 2. The number of sulfonamides is 1. The van der Waals surface area contributed by atoms with E-state index < -0.39 is 16.1 Å². The smallest absolute Gasteiger partial charge is 0.238 e. The maximum absolute atomic E-state index is 12.1. The molecule has 1 aliphatic rings. The summed E-state index contributed by atoms with van der Waals surface area (Å²) in [6, 6.07) is 7.19. The molecule has 0 heterocycles. The van der Waals surface area contributed by atoms with Gasteiger partial charge in [-0.25, -0.2) is 13.1 Å². The summed E-state index contributed by atoms with van der Waals surface area (Å²) in [6.45, 7) is 3.63. The van der Waals surface area contributed by atoms with Gasteiger partial charge in [0, 0.05) is 0 Å². The molecule has 2 rings (SSSR count). The van der Waals surface area contributed by atoms with Gasteiger partial charge in [-0.05, 0) is 30.4 Å². The lowest BCUT2D eigenvalue weighted by atomic mass is 10.0. The van der Waals surface area contributed by atoms with Gasteiger partial charge in [-0.2, -0.15) is 0 Å². The Kier molecular flexibility index (Phi) is 4.15. The van der Waals surface area contributed by atoms with Crippen molar-refractivity contribution in [2.45, 2.75) is 32.4 Å². The van der Waals surface area contributed by atoms with E-state index in [4.69, 9.17) is 0 Å². The molecule has 0 bridgehead atoms. The number of fused-ring (bicyclic) bond motifs is 1. The fraction of sp³-hybridized carbons (Fsp3) is 0.500. The van der Waals surface area contributed by atoms with Crippen LogP contribution in [-0.2, 0) is 21.2 Å². The zero-order valence-corrected chi connectivity index (χ0v) is 12.7. The number of benzene rings is 1. The lowest BCUT2D eigenvalue weighted by Gasteiger charge is -2.21. The predicted molar refractivity (Wildman–Crippen MR) is 77.6 cm³/mol. The lowest BCUT2D eigenvalue weighted by molar-refractivity contribution is -0.123. The van der Waals surface area contributed by atoms with E-state index in [9.17, 15) is 13.2 Å². The monoisotopic (exact) mass is 296 g/mol. The van der Waals surface area contributed by atoms with Crippen molar-refractivity contribution < 1.29 is 13.2 Å². The van der Waals surface area contributed by atoms with Gasteiger partial charge in [0.1, 0.15) is 0 Å². The normalized spacial score (nSPS) is 23.1. The highest BCUT2D eigenvalue weighted by atomic mass is 32.2. The minimum absolute atomic E-state index is 0.0532. The molecule has 0 spiro atoms. The Balaban J connectivity index is 2.09. The van der Waals surface area contributed by atoms with Crippen LogP contribution in [0.1, 0.15) is 31.0 Å². The van der Waals surface area contributed by atoms with Crippen LogP contribution in [0.5, 0.6) is 0 Å². The lowest BCUT2D eigenvalue weighted by Crippen LogP contribution is -2.46. The first kappa shape index (κ1) is 15.0. The van der Waals surface area contributed by atoms with Crippen molar-refractivity contribution in [3.05, 3.63) is 35.4 Å². The summed E-state index contributed by atoms with van der Waals surface area (Å²) < 4.78 is 24.6. The summed E-state index contributed by atoms with van der Waals surface area (Å²) in [6.07, 6.45) is 1.97. The fourth-order valence-corrected chi connectivity index (χ4v) is 3.42. The van der Waals surface area contributed by atoms with E-state index in [0.717, 1.165) is 18.2 Å². The molecule has 0 fully saturated rings. The van der Waals surface area contributed by atoms with E-state index in [1.807, 2.05) is 18.2 Å². The fourth-order valence-electron chi connectivity index (χ4n) is 2.67. The second-order valence-corrected chi connectivity index (χ2v) is 7.26. The van der Waals surface area contributed by atoms with Gasteiger partial charge >= 0.3 is 0 Å². The summed E-state index contributed by atoms with van der Waals surface area (Å²) in [5, 5.41) is 2.94. The third-order valence-electron chi connectivity index (χ3n) is 3.58. The minimum atomic E-state index is -3.39. The van der Waals surface area contributed by atoms with Crippen LogP contribution in [-0.4, -0.2) is 26.6 Å². The highest BCUT2D eigenvalue weighted by Gasteiger charge is 2.31. The van der Waals surface area contributed by atoms with E-state index in [1.165, 1.54) is 5.56 Å². The van der Waals surface area contributed by atoms with Crippen molar-refractivity contribution in [3.8, 4) is 0 Å². The third kappa shape index (κ3) is 3.37. The molecule has 1 aromatic rings. The molecule has 2 N–H and O–H groups in total. The highest BCUT2D eigenvalue weighted by Crippen LogP contribution is 2.35. The van der Waals surface area contributed by atoms with Gasteiger partial charge in [0.05, 0.1) is 18.3 Å². The Morgan fingerprint density at radius 2 is 2.00 bits per heavy atom. The summed E-state index contributed by atoms with van der Waals surface area (Å²) in [5.74, 6) is 0.00533. The molecule has 0 saturated heterocycles. The topological polar surface area (TPSA) is 75.3 Å². The molecule has 0 aliphatic heterocycles. The van der Waals surface area contributed by atoms with E-state index in [1.54, 1.807) is 6.92 Å². The predicted octanol–water partition coefficient (Wildman–Crippen LogP) is 0.974. The molecule has 3 atom stereocenters. The first-order valence-corrected chi connectivity index (χ1v) is 8.52. The van der Waals surface area contributed by atoms with E-state index in [2.05, 4.69) is 23.0 Å². The van der Waals surface area contributed by atoms with Crippen molar-refractivity contribution in [1.82, 2.24) is 10.0 Å². The van der Waals surface area contributed by atoms with Crippen molar-refractivity contribution in [1.29, 1.82) is 0 Å². The van der Waals surface area contributed by atoms with Gasteiger partial charge in [0.2, 0.25) is 15.9 Å². The number of amides is 1. The molecule has 1 amide bonds. The molecule has 0 saturated carbocycles. The molecular formula is C14H20N2O3S. The van der Waals surface area contributed by atoms with Gasteiger partial charge in [0.15, 0.2) is 0 Å². The van der Waals surface area contributed by atoms with Crippen LogP contribution in [0.25, 0.3) is 0 Å². The molecular weight excluding hydrogens is 276 g/mol. The second kappa shape index (κ2) is 5.54. The summed E-state index contributed by atoms with van der Waals surface area (Å²) in [5.41, 5.74) is 2.37. The van der Waals surface area contributed by atoms with E-state index >= 15 is 0 Å². The number of carbonyl (C=O) groups excluding carboxylic acids is 1. The zero-order valence-electron chi connectivity index (χ0n) is 11.9. The Labute approximate surface area is 119 Å².